The Labute approximate surface area is 315 Å². The average Bonchev–Trinajstić information content (AvgIpc) is 3.70. The number of fused-ring (bicyclic) bond motifs is 10. The van der Waals surface area contributed by atoms with Crippen molar-refractivity contribution >= 4 is 65.2 Å². The lowest BCUT2D eigenvalue weighted by Crippen LogP contribution is -2.33. The minimum absolute atomic E-state index is 0.115. The maximum Gasteiger partial charge on any atom is 0.0562 e. The minimum atomic E-state index is 0.115. The normalized spacial score (nSPS) is 15.2. The molecule has 0 aliphatic heterocycles. The molecule has 0 bridgehead atoms. The second-order valence-electron chi connectivity index (χ2n) is 16.9. The lowest BCUT2D eigenvalue weighted by atomic mass is 9.63. The minimum Gasteiger partial charge on any atom is -0.309 e. The van der Waals surface area contributed by atoms with Crippen molar-refractivity contribution in [3.05, 3.63) is 169 Å². The molecule has 0 amide bonds. The first-order valence-electron chi connectivity index (χ1n) is 19.4. The molecule has 54 heavy (non-hydrogen) atoms. The summed E-state index contributed by atoms with van der Waals surface area (Å²) >= 11 is 0. The second-order valence-corrected chi connectivity index (χ2v) is 16.9. The van der Waals surface area contributed by atoms with Crippen LogP contribution in [0.15, 0.2) is 158 Å². The Morgan fingerprint density at radius 1 is 0.370 bits per heavy atom. The highest BCUT2D eigenvalue weighted by molar-refractivity contribution is 6.25. The first-order valence-corrected chi connectivity index (χ1v) is 19.4. The third-order valence-electron chi connectivity index (χ3n) is 12.7. The topological polar surface area (TPSA) is 9.86 Å². The SMILES string of the molecule is CC1(C)CCC(C)(C)c2cc3c(cc21)c1cc2c4c5ccccc5ccc4n(-c4cccc(-c5ccc6ccccc6c5)c4)c2cc1n3-c1ccccc1. The van der Waals surface area contributed by atoms with Crippen LogP contribution in [-0.4, -0.2) is 9.13 Å². The van der Waals surface area contributed by atoms with Gasteiger partial charge in [-0.05, 0) is 128 Å². The average molecular weight is 695 g/mol. The van der Waals surface area contributed by atoms with Gasteiger partial charge in [-0.25, -0.2) is 0 Å². The summed E-state index contributed by atoms with van der Waals surface area (Å²) in [6.45, 7) is 9.74. The summed E-state index contributed by atoms with van der Waals surface area (Å²) in [7, 11) is 0. The highest BCUT2D eigenvalue weighted by Gasteiger charge is 2.38. The van der Waals surface area contributed by atoms with Gasteiger partial charge in [0.25, 0.3) is 0 Å². The van der Waals surface area contributed by atoms with Crippen LogP contribution in [0.5, 0.6) is 0 Å². The molecule has 10 aromatic rings. The van der Waals surface area contributed by atoms with Crippen molar-refractivity contribution in [3.63, 3.8) is 0 Å². The fourth-order valence-corrected chi connectivity index (χ4v) is 9.68. The number of aromatic nitrogens is 2. The van der Waals surface area contributed by atoms with Crippen LogP contribution >= 0.6 is 0 Å². The summed E-state index contributed by atoms with van der Waals surface area (Å²) in [5.74, 6) is 0. The summed E-state index contributed by atoms with van der Waals surface area (Å²) in [5, 5.41) is 10.3. The molecular weight excluding hydrogens is 653 g/mol. The van der Waals surface area contributed by atoms with Gasteiger partial charge in [0.1, 0.15) is 0 Å². The Hall–Kier alpha value is -6.12. The van der Waals surface area contributed by atoms with Gasteiger partial charge in [0, 0.05) is 32.9 Å². The predicted octanol–water partition coefficient (Wildman–Crippen LogP) is 14.2. The number of para-hydroxylation sites is 1. The van der Waals surface area contributed by atoms with E-state index in [0.717, 1.165) is 5.69 Å². The molecule has 2 heterocycles. The predicted molar refractivity (Wildman–Crippen MR) is 231 cm³/mol. The van der Waals surface area contributed by atoms with E-state index in [1.165, 1.54) is 106 Å². The second kappa shape index (κ2) is 11.2. The van der Waals surface area contributed by atoms with Crippen molar-refractivity contribution in [1.82, 2.24) is 9.13 Å². The molecule has 0 spiro atoms. The summed E-state index contributed by atoms with van der Waals surface area (Å²) in [4.78, 5) is 0. The van der Waals surface area contributed by atoms with Gasteiger partial charge in [0.15, 0.2) is 0 Å². The number of benzene rings is 8. The molecule has 1 aliphatic carbocycles. The quantitative estimate of drug-likeness (QED) is 0.174. The Bertz CT molecular complexity index is 3150. The number of rotatable bonds is 3. The van der Waals surface area contributed by atoms with Gasteiger partial charge in [-0.3, -0.25) is 0 Å². The van der Waals surface area contributed by atoms with E-state index in [9.17, 15) is 0 Å². The van der Waals surface area contributed by atoms with Crippen LogP contribution in [-0.2, 0) is 10.8 Å². The van der Waals surface area contributed by atoms with Gasteiger partial charge in [0.05, 0.1) is 22.1 Å². The van der Waals surface area contributed by atoms with Crippen LogP contribution in [0.25, 0.3) is 87.7 Å². The standard InChI is InChI=1S/C52H42N2/c1-51(2)25-26-52(3,4)45-31-47-42(30-44(45)51)41-29-43-49(32-48(41)53(47)38-17-6-5-7-18-38)54(46-24-23-34-14-10-11-20-40(34)50(43)46)39-19-12-16-36(28-39)37-22-21-33-13-8-9-15-35(33)27-37/h5-24,27-32H,25-26H2,1-4H3. The monoisotopic (exact) mass is 694 g/mol. The zero-order valence-electron chi connectivity index (χ0n) is 31.3. The van der Waals surface area contributed by atoms with E-state index in [-0.39, 0.29) is 10.8 Å². The van der Waals surface area contributed by atoms with E-state index < -0.39 is 0 Å². The van der Waals surface area contributed by atoms with E-state index in [1.807, 2.05) is 0 Å². The highest BCUT2D eigenvalue weighted by Crippen LogP contribution is 2.49. The Kier molecular flexibility index (Phi) is 6.51. The smallest absolute Gasteiger partial charge is 0.0562 e. The van der Waals surface area contributed by atoms with Crippen LogP contribution in [0.2, 0.25) is 0 Å². The van der Waals surface area contributed by atoms with Crippen molar-refractivity contribution in [3.8, 4) is 22.5 Å². The van der Waals surface area contributed by atoms with Crippen molar-refractivity contribution < 1.29 is 0 Å². The summed E-state index contributed by atoms with van der Waals surface area (Å²) in [6.07, 6.45) is 2.38. The maximum absolute atomic E-state index is 2.56. The van der Waals surface area contributed by atoms with Crippen molar-refractivity contribution in [2.75, 3.05) is 0 Å². The van der Waals surface area contributed by atoms with Crippen molar-refractivity contribution in [2.45, 2.75) is 51.4 Å². The fraction of sp³-hybridized carbons (Fsp3) is 0.154. The molecule has 0 N–H and O–H groups in total. The van der Waals surface area contributed by atoms with Crippen LogP contribution < -0.4 is 0 Å². The molecule has 2 heteroatoms. The Morgan fingerprint density at radius 2 is 0.963 bits per heavy atom. The molecular formula is C52H42N2. The van der Waals surface area contributed by atoms with Gasteiger partial charge in [-0.2, -0.15) is 0 Å². The maximum atomic E-state index is 2.56. The zero-order valence-corrected chi connectivity index (χ0v) is 31.3. The van der Waals surface area contributed by atoms with Crippen LogP contribution in [0.4, 0.5) is 0 Å². The molecule has 2 nitrogen and oxygen atoms in total. The molecule has 8 aromatic carbocycles. The number of hydrogen-bond donors (Lipinski definition) is 0. The first-order chi connectivity index (χ1) is 26.2. The zero-order chi connectivity index (χ0) is 36.3. The number of hydrogen-bond acceptors (Lipinski definition) is 0. The molecule has 0 saturated carbocycles. The molecule has 0 fully saturated rings. The molecule has 0 unspecified atom stereocenters. The van der Waals surface area contributed by atoms with Gasteiger partial charge >= 0.3 is 0 Å². The summed E-state index contributed by atoms with van der Waals surface area (Å²) < 4.78 is 5.03. The molecule has 260 valence electrons. The van der Waals surface area contributed by atoms with E-state index in [2.05, 4.69) is 195 Å². The summed E-state index contributed by atoms with van der Waals surface area (Å²) in [5.41, 5.74) is 13.0. The van der Waals surface area contributed by atoms with Crippen molar-refractivity contribution in [2.24, 2.45) is 0 Å². The van der Waals surface area contributed by atoms with Crippen LogP contribution in [0.1, 0.15) is 51.7 Å². The lowest BCUT2D eigenvalue weighted by Gasteiger charge is -2.42. The Balaban J connectivity index is 1.27. The van der Waals surface area contributed by atoms with Gasteiger partial charge in [-0.1, -0.05) is 125 Å². The molecule has 1 aliphatic rings. The lowest BCUT2D eigenvalue weighted by molar-refractivity contribution is 0.332. The van der Waals surface area contributed by atoms with Gasteiger partial charge in [0.2, 0.25) is 0 Å². The van der Waals surface area contributed by atoms with E-state index in [0.29, 0.717) is 0 Å². The fourth-order valence-electron chi connectivity index (χ4n) is 9.68. The van der Waals surface area contributed by atoms with E-state index in [4.69, 9.17) is 0 Å². The molecule has 0 atom stereocenters. The largest absolute Gasteiger partial charge is 0.309 e. The third-order valence-corrected chi connectivity index (χ3v) is 12.7. The first kappa shape index (κ1) is 31.4. The molecule has 11 rings (SSSR count). The molecule has 0 saturated heterocycles. The van der Waals surface area contributed by atoms with Gasteiger partial charge < -0.3 is 9.13 Å². The van der Waals surface area contributed by atoms with Crippen LogP contribution in [0, 0.1) is 0 Å². The van der Waals surface area contributed by atoms with Crippen molar-refractivity contribution in [1.29, 1.82) is 0 Å². The molecule has 0 radical (unpaired) electrons. The third kappa shape index (κ3) is 4.53. The molecule has 2 aromatic heterocycles. The highest BCUT2D eigenvalue weighted by atomic mass is 15.0. The van der Waals surface area contributed by atoms with Crippen LogP contribution in [0.3, 0.4) is 0 Å². The van der Waals surface area contributed by atoms with E-state index >= 15 is 0 Å². The summed E-state index contributed by atoms with van der Waals surface area (Å²) in [6, 6.07) is 59.1. The number of nitrogens with zero attached hydrogens (tertiary/aromatic N) is 2. The Morgan fingerprint density at radius 3 is 1.78 bits per heavy atom. The van der Waals surface area contributed by atoms with E-state index in [1.54, 1.807) is 0 Å². The van der Waals surface area contributed by atoms with Gasteiger partial charge in [-0.15, -0.1) is 0 Å².